The second-order valence-electron chi connectivity index (χ2n) is 2.82. The van der Waals surface area contributed by atoms with Gasteiger partial charge < -0.3 is 4.98 Å². The number of hydrogen-bond acceptors (Lipinski definition) is 1. The van der Waals surface area contributed by atoms with Crippen molar-refractivity contribution in [2.75, 3.05) is 5.33 Å². The van der Waals surface area contributed by atoms with Crippen LogP contribution in [0.5, 0.6) is 0 Å². The molecule has 0 saturated heterocycles. The number of aromatic nitrogens is 2. The molecule has 2 heterocycles. The Hall–Kier alpha value is -0.800. The Labute approximate surface area is 95.1 Å². The molecule has 0 aliphatic rings. The van der Waals surface area contributed by atoms with Gasteiger partial charge in [0.05, 0.1) is 5.02 Å². The average Bonchev–Trinajstić information content (AvgIpc) is 2.59. The highest BCUT2D eigenvalue weighted by atomic mass is 79.9. The molecular weight excluding hydrogens is 263 g/mol. The lowest BCUT2D eigenvalue weighted by Crippen LogP contribution is -1.76. The van der Waals surface area contributed by atoms with Crippen LogP contribution in [0.3, 0.4) is 0 Å². The zero-order chi connectivity index (χ0) is 9.97. The van der Waals surface area contributed by atoms with Gasteiger partial charge in [-0.2, -0.15) is 0 Å². The number of halogens is 2. The molecule has 14 heavy (non-hydrogen) atoms. The van der Waals surface area contributed by atoms with Crippen molar-refractivity contribution in [3.8, 4) is 0 Å². The Bertz CT molecular complexity index is 476. The van der Waals surface area contributed by atoms with Gasteiger partial charge in [0.15, 0.2) is 0 Å². The topological polar surface area (TPSA) is 28.7 Å². The third-order valence-electron chi connectivity index (χ3n) is 1.94. The van der Waals surface area contributed by atoms with E-state index in [1.54, 1.807) is 12.3 Å². The number of hydrogen-bond donors (Lipinski definition) is 1. The van der Waals surface area contributed by atoms with Gasteiger partial charge in [-0.25, -0.2) is 4.98 Å². The molecule has 2 aromatic rings. The van der Waals surface area contributed by atoms with E-state index >= 15 is 0 Å². The number of aromatic amines is 1. The molecule has 0 bridgehead atoms. The summed E-state index contributed by atoms with van der Waals surface area (Å²) >= 11 is 9.41. The summed E-state index contributed by atoms with van der Waals surface area (Å²) in [5, 5.41) is 2.54. The Kier molecular flexibility index (Phi) is 2.89. The third-order valence-corrected chi connectivity index (χ3v) is 2.63. The highest BCUT2D eigenvalue weighted by molar-refractivity contribution is 9.09. The molecule has 2 rings (SSSR count). The Morgan fingerprint density at radius 3 is 3.21 bits per heavy atom. The van der Waals surface area contributed by atoms with Gasteiger partial charge in [-0.05, 0) is 6.07 Å². The van der Waals surface area contributed by atoms with E-state index in [1.807, 2.05) is 18.3 Å². The lowest BCUT2D eigenvalue weighted by molar-refractivity contribution is 1.33. The van der Waals surface area contributed by atoms with E-state index in [1.165, 1.54) is 0 Å². The summed E-state index contributed by atoms with van der Waals surface area (Å²) in [5.41, 5.74) is 1.89. The maximum Gasteiger partial charge on any atom is 0.139 e. The minimum Gasteiger partial charge on any atom is -0.345 e. The SMILES string of the molecule is Clc1ccnc2[nH]cc(C=CCBr)c12. The molecule has 0 atom stereocenters. The van der Waals surface area contributed by atoms with Gasteiger partial charge in [0, 0.05) is 28.7 Å². The van der Waals surface area contributed by atoms with Crippen molar-refractivity contribution >= 4 is 44.6 Å². The van der Waals surface area contributed by atoms with Gasteiger partial charge in [-0.1, -0.05) is 39.7 Å². The van der Waals surface area contributed by atoms with Crippen LogP contribution < -0.4 is 0 Å². The molecule has 1 N–H and O–H groups in total. The smallest absolute Gasteiger partial charge is 0.139 e. The number of nitrogens with zero attached hydrogens (tertiary/aromatic N) is 1. The third kappa shape index (κ3) is 1.70. The fourth-order valence-electron chi connectivity index (χ4n) is 1.34. The maximum atomic E-state index is 6.08. The van der Waals surface area contributed by atoms with E-state index in [0.29, 0.717) is 0 Å². The molecule has 72 valence electrons. The Morgan fingerprint density at radius 1 is 1.57 bits per heavy atom. The maximum absolute atomic E-state index is 6.08. The molecule has 4 heteroatoms. The van der Waals surface area contributed by atoms with Crippen LogP contribution in [0.25, 0.3) is 17.1 Å². The predicted molar refractivity (Wildman–Crippen MR) is 63.9 cm³/mol. The van der Waals surface area contributed by atoms with Crippen molar-refractivity contribution in [3.05, 3.63) is 35.1 Å². The van der Waals surface area contributed by atoms with Crippen LogP contribution in [0.2, 0.25) is 5.02 Å². The number of pyridine rings is 1. The average molecular weight is 272 g/mol. The second-order valence-corrected chi connectivity index (χ2v) is 3.87. The van der Waals surface area contributed by atoms with E-state index in [4.69, 9.17) is 11.6 Å². The molecule has 0 saturated carbocycles. The number of alkyl halides is 1. The van der Waals surface area contributed by atoms with Gasteiger partial charge in [-0.3, -0.25) is 0 Å². The second kappa shape index (κ2) is 4.15. The van der Waals surface area contributed by atoms with Gasteiger partial charge in [0.2, 0.25) is 0 Å². The van der Waals surface area contributed by atoms with Crippen LogP contribution in [0.15, 0.2) is 24.5 Å². The lowest BCUT2D eigenvalue weighted by Gasteiger charge is -1.93. The first-order chi connectivity index (χ1) is 6.83. The quantitative estimate of drug-likeness (QED) is 0.830. The Balaban J connectivity index is 2.61. The summed E-state index contributed by atoms with van der Waals surface area (Å²) in [4.78, 5) is 7.26. The molecule has 0 aromatic carbocycles. The zero-order valence-corrected chi connectivity index (χ0v) is 9.64. The minimum absolute atomic E-state index is 0.727. The lowest BCUT2D eigenvalue weighted by atomic mass is 10.2. The molecule has 0 fully saturated rings. The first kappa shape index (κ1) is 9.74. The molecule has 0 unspecified atom stereocenters. The molecular formula is C10H8BrClN2. The summed E-state index contributed by atoms with van der Waals surface area (Å²) in [6, 6.07) is 1.79. The van der Waals surface area contributed by atoms with Crippen molar-refractivity contribution in [1.82, 2.24) is 9.97 Å². The largest absolute Gasteiger partial charge is 0.345 e. The number of allylic oxidation sites excluding steroid dienone is 1. The molecule has 2 nitrogen and oxygen atoms in total. The molecule has 0 spiro atoms. The standard InChI is InChI=1S/C10H8BrClN2/c11-4-1-2-7-6-14-10-9(7)8(12)3-5-13-10/h1-3,5-6H,4H2,(H,13,14). The van der Waals surface area contributed by atoms with Gasteiger partial charge in [0.1, 0.15) is 5.65 Å². The van der Waals surface area contributed by atoms with Gasteiger partial charge >= 0.3 is 0 Å². The van der Waals surface area contributed by atoms with Crippen molar-refractivity contribution in [3.63, 3.8) is 0 Å². The summed E-state index contributed by atoms with van der Waals surface area (Å²) < 4.78 is 0. The highest BCUT2D eigenvalue weighted by Crippen LogP contribution is 2.25. The van der Waals surface area contributed by atoms with Gasteiger partial charge in [0.25, 0.3) is 0 Å². The van der Waals surface area contributed by atoms with E-state index in [0.717, 1.165) is 26.9 Å². The minimum atomic E-state index is 0.727. The van der Waals surface area contributed by atoms with Crippen LogP contribution in [-0.4, -0.2) is 15.3 Å². The van der Waals surface area contributed by atoms with Crippen LogP contribution in [-0.2, 0) is 0 Å². The number of H-pyrrole nitrogens is 1. The van der Waals surface area contributed by atoms with Crippen LogP contribution in [0.4, 0.5) is 0 Å². The number of nitrogens with one attached hydrogen (secondary N) is 1. The summed E-state index contributed by atoms with van der Waals surface area (Å²) in [7, 11) is 0. The summed E-state index contributed by atoms with van der Waals surface area (Å²) in [6.45, 7) is 0. The fourth-order valence-corrected chi connectivity index (χ4v) is 1.79. The van der Waals surface area contributed by atoms with E-state index in [-0.39, 0.29) is 0 Å². The summed E-state index contributed by atoms with van der Waals surface area (Å²) in [5.74, 6) is 0. The van der Waals surface area contributed by atoms with Crippen molar-refractivity contribution in [2.24, 2.45) is 0 Å². The molecule has 0 radical (unpaired) electrons. The zero-order valence-electron chi connectivity index (χ0n) is 7.30. The molecule has 0 aliphatic heterocycles. The van der Waals surface area contributed by atoms with Crippen LogP contribution in [0, 0.1) is 0 Å². The number of fused-ring (bicyclic) bond motifs is 1. The number of rotatable bonds is 2. The van der Waals surface area contributed by atoms with Crippen molar-refractivity contribution in [2.45, 2.75) is 0 Å². The van der Waals surface area contributed by atoms with Gasteiger partial charge in [-0.15, -0.1) is 0 Å². The first-order valence-electron chi connectivity index (χ1n) is 4.17. The van der Waals surface area contributed by atoms with E-state index in [2.05, 4.69) is 25.9 Å². The molecule has 0 aliphatic carbocycles. The van der Waals surface area contributed by atoms with Crippen LogP contribution >= 0.6 is 27.5 Å². The van der Waals surface area contributed by atoms with Crippen LogP contribution in [0.1, 0.15) is 5.56 Å². The first-order valence-corrected chi connectivity index (χ1v) is 5.67. The fraction of sp³-hybridized carbons (Fsp3) is 0.100. The van der Waals surface area contributed by atoms with Crippen molar-refractivity contribution < 1.29 is 0 Å². The highest BCUT2D eigenvalue weighted by Gasteiger charge is 2.04. The monoisotopic (exact) mass is 270 g/mol. The molecule has 0 amide bonds. The predicted octanol–water partition coefficient (Wildman–Crippen LogP) is 3.62. The Morgan fingerprint density at radius 2 is 2.43 bits per heavy atom. The van der Waals surface area contributed by atoms with Crippen molar-refractivity contribution in [1.29, 1.82) is 0 Å². The summed E-state index contributed by atoms with van der Waals surface area (Å²) in [6.07, 6.45) is 7.63. The molecule has 2 aromatic heterocycles. The van der Waals surface area contributed by atoms with E-state index < -0.39 is 0 Å². The van der Waals surface area contributed by atoms with E-state index in [9.17, 15) is 0 Å². The normalized spacial score (nSPS) is 11.6.